The molecule has 1 saturated heterocycles. The minimum Gasteiger partial charge on any atom is -0.393 e. The van der Waals surface area contributed by atoms with Gasteiger partial charge in [-0.3, -0.25) is 0 Å². The van der Waals surface area contributed by atoms with Gasteiger partial charge in [0.05, 0.1) is 6.10 Å². The molecule has 0 amide bonds. The lowest BCUT2D eigenvalue weighted by Crippen LogP contribution is -2.33. The summed E-state index contributed by atoms with van der Waals surface area (Å²) in [4.78, 5) is 11.7. The summed E-state index contributed by atoms with van der Waals surface area (Å²) in [6.45, 7) is 8.33. The minimum absolute atomic E-state index is 0.120. The second kappa shape index (κ2) is 4.99. The highest BCUT2D eigenvalue weighted by Gasteiger charge is 2.31. The van der Waals surface area contributed by atoms with Crippen LogP contribution < -0.4 is 4.90 Å². The number of aliphatic hydroxyl groups is 1. The number of aryl methyl sites for hydroxylation is 1. The van der Waals surface area contributed by atoms with Gasteiger partial charge in [-0.25, -0.2) is 9.97 Å². The number of nitrogens with zero attached hydrogens (tertiary/aromatic N) is 3. The topological polar surface area (TPSA) is 49.2 Å². The van der Waals surface area contributed by atoms with Gasteiger partial charge in [-0.15, -0.1) is 0 Å². The van der Waals surface area contributed by atoms with Crippen LogP contribution in [0.25, 0.3) is 0 Å². The summed E-state index contributed by atoms with van der Waals surface area (Å²) in [5.41, 5.74) is 1.17. The maximum Gasteiger partial charge on any atom is 0.134 e. The van der Waals surface area contributed by atoms with Crippen LogP contribution in [0.3, 0.4) is 0 Å². The largest absolute Gasteiger partial charge is 0.393 e. The minimum atomic E-state index is -0.194. The van der Waals surface area contributed by atoms with Crippen molar-refractivity contribution in [1.82, 2.24) is 9.97 Å². The van der Waals surface area contributed by atoms with Gasteiger partial charge in [-0.2, -0.15) is 0 Å². The van der Waals surface area contributed by atoms with Crippen molar-refractivity contribution in [3.8, 4) is 0 Å². The molecule has 1 aromatic heterocycles. The van der Waals surface area contributed by atoms with Crippen molar-refractivity contribution in [3.63, 3.8) is 0 Å². The van der Waals surface area contributed by atoms with Gasteiger partial charge in [0.1, 0.15) is 11.6 Å². The van der Waals surface area contributed by atoms with E-state index in [0.29, 0.717) is 5.92 Å². The number of rotatable bonds is 2. The van der Waals surface area contributed by atoms with E-state index < -0.39 is 0 Å². The van der Waals surface area contributed by atoms with Crippen molar-refractivity contribution in [2.45, 2.75) is 58.5 Å². The third kappa shape index (κ3) is 3.11. The summed E-state index contributed by atoms with van der Waals surface area (Å²) >= 11 is 0. The van der Waals surface area contributed by atoms with Crippen LogP contribution in [0.1, 0.15) is 57.0 Å². The van der Waals surface area contributed by atoms with Crippen molar-refractivity contribution in [1.29, 1.82) is 0 Å². The molecule has 1 atom stereocenters. The Kier molecular flexibility index (Phi) is 3.44. The molecule has 1 unspecified atom stereocenters. The highest BCUT2D eigenvalue weighted by Crippen LogP contribution is 2.39. The monoisotopic (exact) mass is 275 g/mol. The Hall–Kier alpha value is -1.16. The molecule has 1 aliphatic heterocycles. The molecule has 0 bridgehead atoms. The van der Waals surface area contributed by atoms with E-state index in [1.807, 2.05) is 0 Å². The van der Waals surface area contributed by atoms with Gasteiger partial charge in [-0.05, 0) is 38.0 Å². The van der Waals surface area contributed by atoms with E-state index in [0.717, 1.165) is 43.3 Å². The van der Waals surface area contributed by atoms with E-state index in [2.05, 4.69) is 36.7 Å². The number of aliphatic hydroxyl groups excluding tert-OH is 1. The van der Waals surface area contributed by atoms with Gasteiger partial charge in [0.15, 0.2) is 0 Å². The van der Waals surface area contributed by atoms with Gasteiger partial charge in [0.2, 0.25) is 0 Å². The molecule has 2 heterocycles. The lowest BCUT2D eigenvalue weighted by Gasteiger charge is -2.30. The summed E-state index contributed by atoms with van der Waals surface area (Å²) in [6, 6.07) is 2.08. The summed E-state index contributed by atoms with van der Waals surface area (Å²) in [5.74, 6) is 2.64. The molecule has 1 N–H and O–H groups in total. The van der Waals surface area contributed by atoms with Gasteiger partial charge >= 0.3 is 0 Å². The van der Waals surface area contributed by atoms with E-state index in [1.165, 1.54) is 12.8 Å². The Bertz CT molecular complexity index is 496. The van der Waals surface area contributed by atoms with Crippen LogP contribution in [-0.2, 0) is 0 Å². The second-order valence-corrected chi connectivity index (χ2v) is 7.23. The van der Waals surface area contributed by atoms with Gasteiger partial charge in [0.25, 0.3) is 0 Å². The lowest BCUT2D eigenvalue weighted by atomic mass is 9.87. The number of aromatic nitrogens is 2. The molecule has 1 saturated carbocycles. The van der Waals surface area contributed by atoms with Crippen LogP contribution in [-0.4, -0.2) is 34.3 Å². The molecule has 4 nitrogen and oxygen atoms in total. The molecular weight excluding hydrogens is 250 g/mol. The molecule has 3 rings (SSSR count). The summed E-state index contributed by atoms with van der Waals surface area (Å²) in [5, 5.41) is 10.0. The van der Waals surface area contributed by atoms with Crippen LogP contribution in [0.5, 0.6) is 0 Å². The molecule has 0 spiro atoms. The van der Waals surface area contributed by atoms with Crippen molar-refractivity contribution in [3.05, 3.63) is 17.6 Å². The molecule has 2 fully saturated rings. The molecule has 20 heavy (non-hydrogen) atoms. The number of hydrogen-bond acceptors (Lipinski definition) is 4. The third-order valence-electron chi connectivity index (χ3n) is 4.26. The molecule has 0 aromatic carbocycles. The lowest BCUT2D eigenvalue weighted by molar-refractivity contribution is 0.123. The smallest absolute Gasteiger partial charge is 0.134 e. The fourth-order valence-corrected chi connectivity index (χ4v) is 3.16. The summed E-state index contributed by atoms with van der Waals surface area (Å²) in [6.07, 6.45) is 3.95. The van der Waals surface area contributed by atoms with Crippen LogP contribution in [0.2, 0.25) is 0 Å². The molecule has 1 aliphatic carbocycles. The van der Waals surface area contributed by atoms with Gasteiger partial charge in [0, 0.05) is 30.8 Å². The Morgan fingerprint density at radius 3 is 2.70 bits per heavy atom. The normalized spacial score (nSPS) is 26.4. The predicted octanol–water partition coefficient (Wildman–Crippen LogP) is 2.65. The van der Waals surface area contributed by atoms with Crippen molar-refractivity contribution in [2.75, 3.05) is 18.0 Å². The van der Waals surface area contributed by atoms with Crippen LogP contribution in [0, 0.1) is 12.3 Å². The van der Waals surface area contributed by atoms with Crippen molar-refractivity contribution >= 4 is 5.82 Å². The van der Waals surface area contributed by atoms with Crippen LogP contribution in [0.15, 0.2) is 6.07 Å². The average molecular weight is 275 g/mol. The molecule has 110 valence electrons. The Morgan fingerprint density at radius 2 is 2.00 bits per heavy atom. The number of anilines is 1. The highest BCUT2D eigenvalue weighted by molar-refractivity contribution is 5.41. The van der Waals surface area contributed by atoms with E-state index in [1.54, 1.807) is 0 Å². The third-order valence-corrected chi connectivity index (χ3v) is 4.26. The van der Waals surface area contributed by atoms with E-state index in [-0.39, 0.29) is 11.5 Å². The zero-order valence-electron chi connectivity index (χ0n) is 12.8. The zero-order valence-corrected chi connectivity index (χ0v) is 12.8. The number of hydrogen-bond donors (Lipinski definition) is 1. The summed E-state index contributed by atoms with van der Waals surface area (Å²) < 4.78 is 0. The Morgan fingerprint density at radius 1 is 1.25 bits per heavy atom. The standard InChI is InChI=1S/C16H25N3O/c1-11-8-14(18-15(17-11)12-4-5-12)19-7-6-13(20)9-16(2,3)10-19/h8,12-13,20H,4-7,9-10H2,1-3H3. The van der Waals surface area contributed by atoms with E-state index in [9.17, 15) is 5.11 Å². The van der Waals surface area contributed by atoms with Crippen LogP contribution in [0.4, 0.5) is 5.82 Å². The fourth-order valence-electron chi connectivity index (χ4n) is 3.16. The predicted molar refractivity (Wildman–Crippen MR) is 80.0 cm³/mol. The summed E-state index contributed by atoms with van der Waals surface area (Å²) in [7, 11) is 0. The zero-order chi connectivity index (χ0) is 14.3. The molecule has 1 aromatic rings. The maximum absolute atomic E-state index is 10.0. The van der Waals surface area contributed by atoms with Gasteiger partial charge in [-0.1, -0.05) is 13.8 Å². The molecular formula is C16H25N3O. The highest BCUT2D eigenvalue weighted by atomic mass is 16.3. The molecule has 4 heteroatoms. The van der Waals surface area contributed by atoms with Gasteiger partial charge < -0.3 is 10.0 Å². The first-order chi connectivity index (χ1) is 9.43. The van der Waals surface area contributed by atoms with Crippen LogP contribution >= 0.6 is 0 Å². The molecule has 0 radical (unpaired) electrons. The Balaban J connectivity index is 1.87. The maximum atomic E-state index is 10.0. The second-order valence-electron chi connectivity index (χ2n) is 7.23. The first-order valence-corrected chi connectivity index (χ1v) is 7.71. The average Bonchev–Trinajstić information content (AvgIpc) is 3.16. The van der Waals surface area contributed by atoms with E-state index >= 15 is 0 Å². The fraction of sp³-hybridized carbons (Fsp3) is 0.750. The SMILES string of the molecule is Cc1cc(N2CCC(O)CC(C)(C)C2)nc(C2CC2)n1. The first kappa shape index (κ1) is 13.8. The van der Waals surface area contributed by atoms with E-state index in [4.69, 9.17) is 4.98 Å². The van der Waals surface area contributed by atoms with Crippen molar-refractivity contribution < 1.29 is 5.11 Å². The Labute approximate surface area is 121 Å². The molecule has 2 aliphatic rings. The first-order valence-electron chi connectivity index (χ1n) is 7.71. The van der Waals surface area contributed by atoms with Crippen molar-refractivity contribution in [2.24, 2.45) is 5.41 Å². The quantitative estimate of drug-likeness (QED) is 0.901.